The zero-order chi connectivity index (χ0) is 15.3. The van der Waals surface area contributed by atoms with Crippen LogP contribution in [-0.2, 0) is 21.7 Å². The summed E-state index contributed by atoms with van der Waals surface area (Å²) in [5.41, 5.74) is 4.98. The van der Waals surface area contributed by atoms with Gasteiger partial charge in [0, 0.05) is 43.0 Å². The van der Waals surface area contributed by atoms with Crippen LogP contribution in [0.2, 0.25) is 0 Å². The fourth-order valence-electron chi connectivity index (χ4n) is 2.71. The first-order valence-electron chi connectivity index (χ1n) is 7.05. The topological polar surface area (TPSA) is 60.7 Å². The maximum atomic E-state index is 7.00. The van der Waals surface area contributed by atoms with Gasteiger partial charge in [-0.25, -0.2) is 5.57 Å². The molecule has 20 heavy (non-hydrogen) atoms. The summed E-state index contributed by atoms with van der Waals surface area (Å²) in [6, 6.07) is 0. The number of hydrogen-bond donors (Lipinski definition) is 3. The van der Waals surface area contributed by atoms with Gasteiger partial charge in [0.2, 0.25) is 0 Å². The zero-order valence-electron chi connectivity index (χ0n) is 13.7. The summed E-state index contributed by atoms with van der Waals surface area (Å²) in [6.07, 6.45) is 11.6. The van der Waals surface area contributed by atoms with Crippen LogP contribution >= 0.6 is 0 Å². The molecule has 0 aromatic rings. The summed E-state index contributed by atoms with van der Waals surface area (Å²) in [5, 5.41) is 21.0. The molecule has 0 aromatic heterocycles. The molecule has 3 N–H and O–H groups in total. The van der Waals surface area contributed by atoms with Crippen LogP contribution in [0.3, 0.4) is 0 Å². The minimum absolute atomic E-state index is 0. The van der Waals surface area contributed by atoms with E-state index >= 15 is 0 Å². The van der Waals surface area contributed by atoms with Crippen molar-refractivity contribution in [1.29, 1.82) is 0 Å². The van der Waals surface area contributed by atoms with Gasteiger partial charge in [-0.15, -0.1) is 0 Å². The molecule has 0 aromatic carbocycles. The van der Waals surface area contributed by atoms with E-state index in [0.29, 0.717) is 5.92 Å². The summed E-state index contributed by atoms with van der Waals surface area (Å²) in [4.78, 5) is 0. The number of hydrogen-bond acceptors (Lipinski definition) is 3. The van der Waals surface area contributed by atoms with Gasteiger partial charge in [0.1, 0.15) is 0 Å². The summed E-state index contributed by atoms with van der Waals surface area (Å²) >= 11 is 0. The standard InChI is InChI=1S/C13H19.3CH4O.Ti/c1-3-10-9-11(4-2)13-8-6-5-7-12(10)13;3*1-2;/h10H,3-8H2,1-2H3;3*2H,1H3;/q-1;;;;. The van der Waals surface area contributed by atoms with Crippen LogP contribution < -0.4 is 0 Å². The minimum Gasteiger partial charge on any atom is -0.400 e. The van der Waals surface area contributed by atoms with E-state index in [1.807, 2.05) is 0 Å². The molecule has 2 aliphatic carbocycles. The Bertz CT molecular complexity index is 273. The molecule has 0 bridgehead atoms. The van der Waals surface area contributed by atoms with E-state index in [-0.39, 0.29) is 21.7 Å². The maximum absolute atomic E-state index is 7.00. The normalized spacial score (nSPS) is 18.8. The van der Waals surface area contributed by atoms with Crippen LogP contribution in [-0.4, -0.2) is 36.6 Å². The molecule has 0 amide bonds. The second-order valence-corrected chi connectivity index (χ2v) is 4.15. The van der Waals surface area contributed by atoms with Crippen LogP contribution in [0.1, 0.15) is 52.4 Å². The predicted octanol–water partition coefficient (Wildman–Crippen LogP) is 2.86. The van der Waals surface area contributed by atoms with E-state index in [4.69, 9.17) is 15.3 Å². The molecule has 0 saturated carbocycles. The van der Waals surface area contributed by atoms with Crippen molar-refractivity contribution in [3.8, 4) is 0 Å². The molecular formula is C16H31O3Ti-. The van der Waals surface area contributed by atoms with Gasteiger partial charge < -0.3 is 15.3 Å². The maximum Gasteiger partial charge on any atom is 0.0319 e. The molecule has 118 valence electrons. The molecule has 0 heterocycles. The third-order valence-corrected chi connectivity index (χ3v) is 3.41. The molecule has 2 aliphatic rings. The molecule has 0 fully saturated rings. The monoisotopic (exact) mass is 319 g/mol. The molecule has 3 nitrogen and oxygen atoms in total. The van der Waals surface area contributed by atoms with Gasteiger partial charge in [0.25, 0.3) is 0 Å². The summed E-state index contributed by atoms with van der Waals surface area (Å²) < 4.78 is 0. The minimum atomic E-state index is 0. The second kappa shape index (κ2) is 17.1. The molecule has 2 rings (SSSR count). The van der Waals surface area contributed by atoms with E-state index in [9.17, 15) is 0 Å². The van der Waals surface area contributed by atoms with Crippen molar-refractivity contribution in [2.75, 3.05) is 21.3 Å². The third kappa shape index (κ3) is 7.19. The van der Waals surface area contributed by atoms with Gasteiger partial charge in [-0.3, -0.25) is 6.08 Å². The molecule has 1 unspecified atom stereocenters. The van der Waals surface area contributed by atoms with Crippen molar-refractivity contribution < 1.29 is 37.0 Å². The Hall–Kier alpha value is 0.0743. The van der Waals surface area contributed by atoms with Crippen molar-refractivity contribution in [3.63, 3.8) is 0 Å². The SMILES string of the molecule is CCC1=[C-]C(CC)C2=C1CCCC2.CO.CO.CO.[Ti]. The van der Waals surface area contributed by atoms with Gasteiger partial charge in [0.15, 0.2) is 0 Å². The number of aliphatic hydroxyl groups is 3. The van der Waals surface area contributed by atoms with Gasteiger partial charge in [0.05, 0.1) is 0 Å². The first kappa shape index (κ1) is 25.1. The fourth-order valence-corrected chi connectivity index (χ4v) is 2.71. The van der Waals surface area contributed by atoms with Crippen molar-refractivity contribution >= 4 is 0 Å². The molecule has 0 saturated heterocycles. The summed E-state index contributed by atoms with van der Waals surface area (Å²) in [6.45, 7) is 4.55. The van der Waals surface area contributed by atoms with Gasteiger partial charge in [-0.2, -0.15) is 11.1 Å². The van der Waals surface area contributed by atoms with E-state index in [1.54, 1.807) is 16.7 Å². The molecule has 0 aliphatic heterocycles. The van der Waals surface area contributed by atoms with Gasteiger partial charge in [-0.05, 0) is 6.42 Å². The number of aliphatic hydroxyl groups excluding tert-OH is 3. The first-order chi connectivity index (χ1) is 9.36. The Morgan fingerprint density at radius 1 is 0.950 bits per heavy atom. The third-order valence-electron chi connectivity index (χ3n) is 3.41. The Morgan fingerprint density at radius 3 is 1.90 bits per heavy atom. The van der Waals surface area contributed by atoms with Crippen LogP contribution in [0.15, 0.2) is 16.7 Å². The molecule has 1 atom stereocenters. The predicted molar refractivity (Wildman–Crippen MR) is 80.8 cm³/mol. The van der Waals surface area contributed by atoms with Crippen LogP contribution in [0.5, 0.6) is 0 Å². The Kier molecular flexibility index (Phi) is 21.5. The Labute approximate surface area is 139 Å². The average molecular weight is 319 g/mol. The van der Waals surface area contributed by atoms with Crippen molar-refractivity contribution in [2.45, 2.75) is 52.4 Å². The largest absolute Gasteiger partial charge is 0.400 e. The van der Waals surface area contributed by atoms with E-state index in [0.717, 1.165) is 21.3 Å². The second-order valence-electron chi connectivity index (χ2n) is 4.15. The van der Waals surface area contributed by atoms with Crippen LogP contribution in [0, 0.1) is 12.0 Å². The Morgan fingerprint density at radius 2 is 1.45 bits per heavy atom. The van der Waals surface area contributed by atoms with Crippen molar-refractivity contribution in [1.82, 2.24) is 0 Å². The number of rotatable bonds is 2. The zero-order valence-corrected chi connectivity index (χ0v) is 15.2. The summed E-state index contributed by atoms with van der Waals surface area (Å²) in [5.74, 6) is 0.685. The molecule has 4 heteroatoms. The average Bonchev–Trinajstić information content (AvgIpc) is 2.91. The van der Waals surface area contributed by atoms with Crippen LogP contribution in [0.25, 0.3) is 0 Å². The molecule has 0 spiro atoms. The van der Waals surface area contributed by atoms with Crippen molar-refractivity contribution in [3.05, 3.63) is 22.8 Å². The van der Waals surface area contributed by atoms with Crippen molar-refractivity contribution in [2.24, 2.45) is 5.92 Å². The molecular weight excluding hydrogens is 288 g/mol. The van der Waals surface area contributed by atoms with Gasteiger partial charge in [-0.1, -0.05) is 51.9 Å². The quantitative estimate of drug-likeness (QED) is 0.542. The summed E-state index contributed by atoms with van der Waals surface area (Å²) in [7, 11) is 3.00. The fraction of sp³-hybridized carbons (Fsp3) is 0.750. The smallest absolute Gasteiger partial charge is 0.0319 e. The van der Waals surface area contributed by atoms with E-state index in [2.05, 4.69) is 19.9 Å². The van der Waals surface area contributed by atoms with Gasteiger partial charge >= 0.3 is 0 Å². The Balaban J connectivity index is -0.000000368. The van der Waals surface area contributed by atoms with E-state index in [1.165, 1.54) is 38.5 Å². The molecule has 0 radical (unpaired) electrons. The number of allylic oxidation sites excluding steroid dienone is 4. The van der Waals surface area contributed by atoms with Crippen LogP contribution in [0.4, 0.5) is 0 Å². The first-order valence-corrected chi connectivity index (χ1v) is 7.05. The van der Waals surface area contributed by atoms with E-state index < -0.39 is 0 Å².